The third-order valence-corrected chi connectivity index (χ3v) is 5.66. The molecule has 0 atom stereocenters. The number of sulfonamides is 1. The maximum Gasteiger partial charge on any atom is 0.450 e. The van der Waals surface area contributed by atoms with E-state index in [4.69, 9.17) is 28.3 Å². The van der Waals surface area contributed by atoms with Gasteiger partial charge in [0, 0.05) is 21.8 Å². The van der Waals surface area contributed by atoms with Crippen LogP contribution in [0.1, 0.15) is 11.4 Å². The molecule has 0 unspecified atom stereocenters. The van der Waals surface area contributed by atoms with Crippen LogP contribution in [0.2, 0.25) is 10.0 Å². The van der Waals surface area contributed by atoms with E-state index in [0.717, 1.165) is 16.8 Å². The third-order valence-electron chi connectivity index (χ3n) is 3.96. The molecule has 0 saturated heterocycles. The van der Waals surface area contributed by atoms with Crippen molar-refractivity contribution in [2.45, 2.75) is 18.0 Å². The SMILES string of the molecule is Cc1c(Cl)cc(-n2cc(-c3cccc(S(N)(=O)=O)c3)nc2C(F)(F)F)cc1Cl. The second-order valence-electron chi connectivity index (χ2n) is 5.92. The molecular formula is C17H12Cl2F3N3O2S. The molecule has 2 aromatic carbocycles. The van der Waals surface area contributed by atoms with Crippen LogP contribution in [0, 0.1) is 6.92 Å². The minimum absolute atomic E-state index is 0.0641. The van der Waals surface area contributed by atoms with Crippen LogP contribution in [0.3, 0.4) is 0 Å². The molecule has 0 aliphatic carbocycles. The second kappa shape index (κ2) is 7.07. The van der Waals surface area contributed by atoms with Gasteiger partial charge in [-0.2, -0.15) is 13.2 Å². The quantitative estimate of drug-likeness (QED) is 0.622. The van der Waals surface area contributed by atoms with Gasteiger partial charge in [0.1, 0.15) is 0 Å². The summed E-state index contributed by atoms with van der Waals surface area (Å²) in [4.78, 5) is 3.41. The van der Waals surface area contributed by atoms with Crippen molar-refractivity contribution in [3.63, 3.8) is 0 Å². The fraction of sp³-hybridized carbons (Fsp3) is 0.118. The molecule has 3 rings (SSSR count). The molecular weight excluding hydrogens is 438 g/mol. The molecule has 0 fully saturated rings. The summed E-state index contributed by atoms with van der Waals surface area (Å²) < 4.78 is 64.5. The van der Waals surface area contributed by atoms with Gasteiger partial charge in [-0.25, -0.2) is 18.5 Å². The van der Waals surface area contributed by atoms with Crippen LogP contribution in [0.25, 0.3) is 16.9 Å². The molecule has 5 nitrogen and oxygen atoms in total. The number of nitrogens with zero attached hydrogens (tertiary/aromatic N) is 2. The number of hydrogen-bond donors (Lipinski definition) is 1. The topological polar surface area (TPSA) is 78.0 Å². The van der Waals surface area contributed by atoms with Crippen molar-refractivity contribution in [2.75, 3.05) is 0 Å². The fourth-order valence-corrected chi connectivity index (χ4v) is 3.55. The Bertz CT molecular complexity index is 1150. The molecule has 0 saturated carbocycles. The zero-order chi connectivity index (χ0) is 20.9. The van der Waals surface area contributed by atoms with E-state index in [1.807, 2.05) is 0 Å². The van der Waals surface area contributed by atoms with E-state index >= 15 is 0 Å². The van der Waals surface area contributed by atoms with E-state index in [0.29, 0.717) is 5.56 Å². The number of primary sulfonamides is 1. The van der Waals surface area contributed by atoms with Gasteiger partial charge in [0.25, 0.3) is 0 Å². The van der Waals surface area contributed by atoms with Gasteiger partial charge in [0.05, 0.1) is 16.3 Å². The molecule has 0 aliphatic heterocycles. The van der Waals surface area contributed by atoms with Gasteiger partial charge < -0.3 is 0 Å². The van der Waals surface area contributed by atoms with Crippen molar-refractivity contribution in [2.24, 2.45) is 5.14 Å². The van der Waals surface area contributed by atoms with Gasteiger partial charge in [0.15, 0.2) is 0 Å². The average Bonchev–Trinajstić information content (AvgIpc) is 3.04. The first-order valence-electron chi connectivity index (χ1n) is 7.64. The van der Waals surface area contributed by atoms with Crippen molar-refractivity contribution in [1.82, 2.24) is 9.55 Å². The molecule has 1 aromatic heterocycles. The number of alkyl halides is 3. The van der Waals surface area contributed by atoms with Gasteiger partial charge in [0.2, 0.25) is 15.8 Å². The highest BCUT2D eigenvalue weighted by Crippen LogP contribution is 2.35. The lowest BCUT2D eigenvalue weighted by Crippen LogP contribution is -2.13. The van der Waals surface area contributed by atoms with Crippen LogP contribution in [0.4, 0.5) is 13.2 Å². The summed E-state index contributed by atoms with van der Waals surface area (Å²) >= 11 is 12.1. The van der Waals surface area contributed by atoms with E-state index in [1.54, 1.807) is 6.92 Å². The van der Waals surface area contributed by atoms with Crippen molar-refractivity contribution < 1.29 is 21.6 Å². The molecule has 11 heteroatoms. The van der Waals surface area contributed by atoms with Crippen molar-refractivity contribution in [3.8, 4) is 16.9 Å². The zero-order valence-electron chi connectivity index (χ0n) is 14.1. The predicted molar refractivity (Wildman–Crippen MR) is 100 cm³/mol. The Balaban J connectivity index is 2.23. The molecule has 0 radical (unpaired) electrons. The van der Waals surface area contributed by atoms with Crippen molar-refractivity contribution in [3.05, 3.63) is 64.0 Å². The van der Waals surface area contributed by atoms with E-state index < -0.39 is 22.0 Å². The lowest BCUT2D eigenvalue weighted by molar-refractivity contribution is -0.145. The minimum atomic E-state index is -4.78. The van der Waals surface area contributed by atoms with Crippen molar-refractivity contribution in [1.29, 1.82) is 0 Å². The average molecular weight is 450 g/mol. The predicted octanol–water partition coefficient (Wildman–Crippen LogP) is 4.82. The molecule has 0 amide bonds. The maximum absolute atomic E-state index is 13.5. The summed E-state index contributed by atoms with van der Waals surface area (Å²) in [6.07, 6.45) is -3.65. The number of benzene rings is 2. The smallest absolute Gasteiger partial charge is 0.295 e. The monoisotopic (exact) mass is 449 g/mol. The number of hydrogen-bond acceptors (Lipinski definition) is 3. The summed E-state index contributed by atoms with van der Waals surface area (Å²) in [5, 5.41) is 5.48. The van der Waals surface area contributed by atoms with E-state index in [2.05, 4.69) is 4.98 Å². The van der Waals surface area contributed by atoms with Gasteiger partial charge in [-0.05, 0) is 36.8 Å². The minimum Gasteiger partial charge on any atom is -0.295 e. The van der Waals surface area contributed by atoms with Crippen LogP contribution in [-0.4, -0.2) is 18.0 Å². The summed E-state index contributed by atoms with van der Waals surface area (Å²) in [6, 6.07) is 7.85. The summed E-state index contributed by atoms with van der Waals surface area (Å²) in [7, 11) is -4.02. The first-order valence-corrected chi connectivity index (χ1v) is 9.94. The summed E-state index contributed by atoms with van der Waals surface area (Å²) in [6.45, 7) is 1.64. The van der Waals surface area contributed by atoms with Gasteiger partial charge in [-0.15, -0.1) is 0 Å². The van der Waals surface area contributed by atoms with Gasteiger partial charge in [-0.1, -0.05) is 35.3 Å². The number of aromatic nitrogens is 2. The first kappa shape index (κ1) is 20.7. The third kappa shape index (κ3) is 4.02. The highest BCUT2D eigenvalue weighted by atomic mass is 35.5. The van der Waals surface area contributed by atoms with E-state index in [9.17, 15) is 21.6 Å². The normalized spacial score (nSPS) is 12.4. The number of imidazole rings is 1. The highest BCUT2D eigenvalue weighted by molar-refractivity contribution is 7.89. The van der Waals surface area contributed by atoms with Crippen LogP contribution < -0.4 is 5.14 Å². The number of halogens is 5. The van der Waals surface area contributed by atoms with E-state index in [-0.39, 0.29) is 31.9 Å². The second-order valence-corrected chi connectivity index (χ2v) is 8.30. The molecule has 0 spiro atoms. The first-order chi connectivity index (χ1) is 12.9. The number of rotatable bonds is 3. The number of nitrogens with two attached hydrogens (primary N) is 1. The Labute approximate surface area is 168 Å². The van der Waals surface area contributed by atoms with E-state index in [1.165, 1.54) is 30.3 Å². The molecule has 3 aromatic rings. The standard InChI is InChI=1S/C17H12Cl2F3N3O2S/c1-9-13(18)6-11(7-14(9)19)25-8-15(24-16(25)17(20,21)22)10-3-2-4-12(5-10)28(23,26)27/h2-8H,1H3,(H2,23,26,27). The molecule has 148 valence electrons. The summed E-state index contributed by atoms with van der Waals surface area (Å²) in [5.74, 6) is -1.21. The molecule has 0 aliphatic rings. The Morgan fingerprint density at radius 3 is 2.25 bits per heavy atom. The Kier molecular flexibility index (Phi) is 5.22. The highest BCUT2D eigenvalue weighted by Gasteiger charge is 2.38. The molecule has 2 N–H and O–H groups in total. The Morgan fingerprint density at radius 1 is 1.11 bits per heavy atom. The lowest BCUT2D eigenvalue weighted by atomic mass is 10.2. The lowest BCUT2D eigenvalue weighted by Gasteiger charge is -2.12. The van der Waals surface area contributed by atoms with Crippen LogP contribution in [0.15, 0.2) is 47.5 Å². The summed E-state index contributed by atoms with van der Waals surface area (Å²) in [5.41, 5.74) is 0.654. The Hall–Kier alpha value is -2.07. The van der Waals surface area contributed by atoms with Crippen molar-refractivity contribution >= 4 is 33.2 Å². The molecule has 28 heavy (non-hydrogen) atoms. The maximum atomic E-state index is 13.5. The Morgan fingerprint density at radius 2 is 1.71 bits per heavy atom. The van der Waals surface area contributed by atoms with Gasteiger partial charge in [-0.3, -0.25) is 4.57 Å². The van der Waals surface area contributed by atoms with Crippen LogP contribution in [-0.2, 0) is 16.2 Å². The van der Waals surface area contributed by atoms with Crippen LogP contribution >= 0.6 is 23.2 Å². The largest absolute Gasteiger partial charge is 0.450 e. The van der Waals surface area contributed by atoms with Gasteiger partial charge >= 0.3 is 6.18 Å². The van der Waals surface area contributed by atoms with Crippen LogP contribution in [0.5, 0.6) is 0 Å². The zero-order valence-corrected chi connectivity index (χ0v) is 16.5. The fourth-order valence-electron chi connectivity index (χ4n) is 2.52. The molecule has 1 heterocycles. The molecule has 0 bridgehead atoms.